The third-order valence-electron chi connectivity index (χ3n) is 2.90. The van der Waals surface area contributed by atoms with Gasteiger partial charge in [0.25, 0.3) is 5.91 Å². The van der Waals surface area contributed by atoms with Crippen molar-refractivity contribution in [1.82, 2.24) is 4.90 Å². The van der Waals surface area contributed by atoms with Crippen molar-refractivity contribution in [2.45, 2.75) is 0 Å². The SMILES string of the molecule is CN1CC(c2ccc(Cl)s2)=C(c2cccs2)C1=O. The molecule has 2 aromatic rings. The van der Waals surface area contributed by atoms with Gasteiger partial charge in [0.05, 0.1) is 9.91 Å². The Kier molecular flexibility index (Phi) is 3.01. The van der Waals surface area contributed by atoms with Crippen LogP contribution in [-0.4, -0.2) is 24.4 Å². The topological polar surface area (TPSA) is 20.3 Å². The molecule has 0 spiro atoms. The summed E-state index contributed by atoms with van der Waals surface area (Å²) in [6, 6.07) is 7.83. The van der Waals surface area contributed by atoms with Crippen molar-refractivity contribution in [2.24, 2.45) is 0 Å². The van der Waals surface area contributed by atoms with Crippen molar-refractivity contribution in [3.05, 3.63) is 43.7 Å². The van der Waals surface area contributed by atoms with E-state index in [1.165, 1.54) is 11.3 Å². The number of carbonyl (C=O) groups is 1. The first-order valence-electron chi connectivity index (χ1n) is 5.45. The second kappa shape index (κ2) is 4.53. The molecule has 1 aliphatic heterocycles. The second-order valence-electron chi connectivity index (χ2n) is 4.10. The van der Waals surface area contributed by atoms with Crippen molar-refractivity contribution >= 4 is 51.3 Å². The minimum absolute atomic E-state index is 0.0944. The summed E-state index contributed by atoms with van der Waals surface area (Å²) in [5, 5.41) is 1.99. The maximum Gasteiger partial charge on any atom is 0.255 e. The zero-order chi connectivity index (χ0) is 12.7. The minimum Gasteiger partial charge on any atom is -0.337 e. The van der Waals surface area contributed by atoms with Gasteiger partial charge in [0, 0.05) is 28.9 Å². The Hall–Kier alpha value is -1.10. The number of nitrogens with zero attached hydrogens (tertiary/aromatic N) is 1. The highest BCUT2D eigenvalue weighted by molar-refractivity contribution is 7.17. The molecule has 0 saturated carbocycles. The van der Waals surface area contributed by atoms with Gasteiger partial charge in [-0.15, -0.1) is 22.7 Å². The Labute approximate surface area is 118 Å². The van der Waals surface area contributed by atoms with E-state index in [1.54, 1.807) is 16.2 Å². The van der Waals surface area contributed by atoms with Gasteiger partial charge in [-0.3, -0.25) is 4.79 Å². The van der Waals surface area contributed by atoms with Gasteiger partial charge < -0.3 is 4.90 Å². The smallest absolute Gasteiger partial charge is 0.255 e. The third-order valence-corrected chi connectivity index (χ3v) is 5.07. The van der Waals surface area contributed by atoms with Gasteiger partial charge >= 0.3 is 0 Å². The summed E-state index contributed by atoms with van der Waals surface area (Å²) in [4.78, 5) is 16.1. The number of hydrogen-bond donors (Lipinski definition) is 0. The van der Waals surface area contributed by atoms with Crippen molar-refractivity contribution in [1.29, 1.82) is 0 Å². The minimum atomic E-state index is 0.0944. The fourth-order valence-electron chi connectivity index (χ4n) is 2.06. The molecule has 18 heavy (non-hydrogen) atoms. The van der Waals surface area contributed by atoms with Crippen LogP contribution in [0.2, 0.25) is 4.34 Å². The number of rotatable bonds is 2. The van der Waals surface area contributed by atoms with E-state index in [1.807, 2.05) is 36.7 Å². The summed E-state index contributed by atoms with van der Waals surface area (Å²) in [7, 11) is 1.83. The van der Waals surface area contributed by atoms with Crippen LogP contribution < -0.4 is 0 Å². The van der Waals surface area contributed by atoms with E-state index in [-0.39, 0.29) is 5.91 Å². The van der Waals surface area contributed by atoms with Crippen LogP contribution in [0.5, 0.6) is 0 Å². The van der Waals surface area contributed by atoms with E-state index in [2.05, 4.69) is 0 Å². The molecule has 0 atom stereocenters. The van der Waals surface area contributed by atoms with Crippen LogP contribution in [0.25, 0.3) is 11.1 Å². The highest BCUT2D eigenvalue weighted by Gasteiger charge is 2.30. The van der Waals surface area contributed by atoms with Crippen molar-refractivity contribution in [2.75, 3.05) is 13.6 Å². The molecule has 5 heteroatoms. The fraction of sp³-hybridized carbons (Fsp3) is 0.154. The molecule has 2 nitrogen and oxygen atoms in total. The summed E-state index contributed by atoms with van der Waals surface area (Å²) < 4.78 is 0.755. The molecule has 0 bridgehead atoms. The molecule has 0 radical (unpaired) electrons. The van der Waals surface area contributed by atoms with Crippen LogP contribution in [0.15, 0.2) is 29.6 Å². The molecule has 0 saturated heterocycles. The first-order chi connectivity index (χ1) is 8.66. The van der Waals surface area contributed by atoms with Crippen molar-refractivity contribution in [3.63, 3.8) is 0 Å². The van der Waals surface area contributed by atoms with Gasteiger partial charge in [0.15, 0.2) is 0 Å². The number of amides is 1. The fourth-order valence-corrected chi connectivity index (χ4v) is 3.93. The molecular formula is C13H10ClNOS2. The van der Waals surface area contributed by atoms with Crippen LogP contribution in [0.4, 0.5) is 0 Å². The van der Waals surface area contributed by atoms with E-state index in [9.17, 15) is 4.79 Å². The lowest BCUT2D eigenvalue weighted by atomic mass is 10.1. The van der Waals surface area contributed by atoms with Gasteiger partial charge in [-0.05, 0) is 23.6 Å². The predicted octanol–water partition coefficient (Wildman–Crippen LogP) is 3.85. The number of thiophene rings is 2. The van der Waals surface area contributed by atoms with Gasteiger partial charge in [-0.2, -0.15) is 0 Å². The summed E-state index contributed by atoms with van der Waals surface area (Å²) in [6.45, 7) is 0.656. The molecule has 1 amide bonds. The Balaban J connectivity index is 2.16. The van der Waals surface area contributed by atoms with E-state index >= 15 is 0 Å². The van der Waals surface area contributed by atoms with E-state index in [0.29, 0.717) is 6.54 Å². The molecule has 0 N–H and O–H groups in total. The average molecular weight is 296 g/mol. The lowest BCUT2D eigenvalue weighted by Crippen LogP contribution is -2.21. The Bertz CT molecular complexity index is 627. The monoisotopic (exact) mass is 295 g/mol. The lowest BCUT2D eigenvalue weighted by Gasteiger charge is -2.07. The zero-order valence-electron chi connectivity index (χ0n) is 9.64. The number of halogens is 1. The van der Waals surface area contributed by atoms with Crippen LogP contribution in [0, 0.1) is 0 Å². The predicted molar refractivity (Wildman–Crippen MR) is 78.1 cm³/mol. The molecule has 3 rings (SSSR count). The van der Waals surface area contributed by atoms with Crippen LogP contribution in [0.3, 0.4) is 0 Å². The van der Waals surface area contributed by atoms with Crippen LogP contribution in [-0.2, 0) is 4.79 Å². The highest BCUT2D eigenvalue weighted by atomic mass is 35.5. The molecule has 0 fully saturated rings. The largest absolute Gasteiger partial charge is 0.337 e. The van der Waals surface area contributed by atoms with Gasteiger partial charge in [0.1, 0.15) is 0 Å². The van der Waals surface area contributed by atoms with E-state index in [4.69, 9.17) is 11.6 Å². The van der Waals surface area contributed by atoms with Crippen LogP contribution >= 0.6 is 34.3 Å². The molecule has 2 aromatic heterocycles. The van der Waals surface area contributed by atoms with Gasteiger partial charge in [-0.25, -0.2) is 0 Å². The van der Waals surface area contributed by atoms with E-state index in [0.717, 1.165) is 25.2 Å². The molecule has 92 valence electrons. The molecule has 0 aromatic carbocycles. The molecule has 0 aliphatic carbocycles. The number of likely N-dealkylation sites (N-methyl/N-ethyl adjacent to an activating group) is 1. The Morgan fingerprint density at radius 1 is 1.28 bits per heavy atom. The lowest BCUT2D eigenvalue weighted by molar-refractivity contribution is -0.122. The molecule has 0 unspecified atom stereocenters. The normalized spacial score (nSPS) is 15.9. The molecular weight excluding hydrogens is 286 g/mol. The quantitative estimate of drug-likeness (QED) is 0.824. The third kappa shape index (κ3) is 1.90. The first kappa shape index (κ1) is 12.0. The van der Waals surface area contributed by atoms with Gasteiger partial charge in [-0.1, -0.05) is 17.7 Å². The highest BCUT2D eigenvalue weighted by Crippen LogP contribution is 2.39. The van der Waals surface area contributed by atoms with Crippen LogP contribution in [0.1, 0.15) is 9.75 Å². The molecule has 1 aliphatic rings. The maximum atomic E-state index is 12.2. The zero-order valence-corrected chi connectivity index (χ0v) is 12.0. The summed E-state index contributed by atoms with van der Waals surface area (Å²) in [5.41, 5.74) is 1.91. The number of hydrogen-bond acceptors (Lipinski definition) is 3. The first-order valence-corrected chi connectivity index (χ1v) is 7.52. The standard InChI is InChI=1S/C13H10ClNOS2/c1-15-7-8(9-4-5-11(14)18-9)12(13(15)16)10-3-2-6-17-10/h2-6H,7H2,1H3. The summed E-state index contributed by atoms with van der Waals surface area (Å²) >= 11 is 9.11. The maximum absolute atomic E-state index is 12.2. The summed E-state index contributed by atoms with van der Waals surface area (Å²) in [6.07, 6.45) is 0. The van der Waals surface area contributed by atoms with E-state index < -0.39 is 0 Å². The summed E-state index contributed by atoms with van der Waals surface area (Å²) in [5.74, 6) is 0.0944. The second-order valence-corrected chi connectivity index (χ2v) is 6.76. The van der Waals surface area contributed by atoms with Gasteiger partial charge in [0.2, 0.25) is 0 Å². The Morgan fingerprint density at radius 3 is 2.72 bits per heavy atom. The molecule has 3 heterocycles. The number of carbonyl (C=O) groups excluding carboxylic acids is 1. The van der Waals surface area contributed by atoms with Crippen molar-refractivity contribution < 1.29 is 4.79 Å². The Morgan fingerprint density at radius 2 is 2.11 bits per heavy atom. The van der Waals surface area contributed by atoms with Crippen molar-refractivity contribution in [3.8, 4) is 0 Å². The average Bonchev–Trinajstić information content (AvgIpc) is 3.02.